The van der Waals surface area contributed by atoms with E-state index < -0.39 is 27.9 Å². The molecule has 0 unspecified atom stereocenters. The molecule has 0 radical (unpaired) electrons. The van der Waals surface area contributed by atoms with Crippen molar-refractivity contribution >= 4 is 11.4 Å². The second-order valence-electron chi connectivity index (χ2n) is 2.16. The van der Waals surface area contributed by atoms with Crippen LogP contribution in [0.5, 0.6) is 0 Å². The molecular formula is C6H5F2N3O2. The van der Waals surface area contributed by atoms with E-state index in [-0.39, 0.29) is 0 Å². The van der Waals surface area contributed by atoms with E-state index in [9.17, 15) is 18.9 Å². The highest BCUT2D eigenvalue weighted by Gasteiger charge is 2.20. The number of nitrogens with two attached hydrogens (primary N) is 1. The maximum atomic E-state index is 13.0. The van der Waals surface area contributed by atoms with Crippen molar-refractivity contribution in [2.24, 2.45) is 5.84 Å². The summed E-state index contributed by atoms with van der Waals surface area (Å²) in [6.07, 6.45) is 0. The van der Waals surface area contributed by atoms with Gasteiger partial charge >= 0.3 is 5.69 Å². The van der Waals surface area contributed by atoms with E-state index in [1.807, 2.05) is 0 Å². The molecule has 0 saturated carbocycles. The van der Waals surface area contributed by atoms with Gasteiger partial charge in [-0.2, -0.15) is 4.39 Å². The fourth-order valence-corrected chi connectivity index (χ4v) is 0.815. The quantitative estimate of drug-likeness (QED) is 0.415. The highest BCUT2D eigenvalue weighted by atomic mass is 19.1. The Morgan fingerprint density at radius 2 is 2.08 bits per heavy atom. The first-order valence-electron chi connectivity index (χ1n) is 3.17. The first-order chi connectivity index (χ1) is 6.07. The second-order valence-corrected chi connectivity index (χ2v) is 2.16. The van der Waals surface area contributed by atoms with Gasteiger partial charge < -0.3 is 5.43 Å². The SMILES string of the molecule is NNc1c(F)ccc([N+](=O)[O-])c1F. The number of nitrogen functional groups attached to an aromatic ring is 1. The van der Waals surface area contributed by atoms with Crippen molar-refractivity contribution < 1.29 is 13.7 Å². The van der Waals surface area contributed by atoms with Crippen LogP contribution in [0.1, 0.15) is 0 Å². The highest BCUT2D eigenvalue weighted by molar-refractivity contribution is 5.53. The zero-order chi connectivity index (χ0) is 10.0. The minimum Gasteiger partial charge on any atom is -0.319 e. The van der Waals surface area contributed by atoms with Crippen LogP contribution < -0.4 is 11.3 Å². The van der Waals surface area contributed by atoms with Gasteiger partial charge in [-0.15, -0.1) is 0 Å². The molecule has 1 rings (SSSR count). The first-order valence-corrected chi connectivity index (χ1v) is 3.17. The molecule has 13 heavy (non-hydrogen) atoms. The van der Waals surface area contributed by atoms with Crippen LogP contribution in [0, 0.1) is 21.7 Å². The fraction of sp³-hybridized carbons (Fsp3) is 0. The predicted molar refractivity (Wildman–Crippen MR) is 40.8 cm³/mol. The first kappa shape index (κ1) is 9.33. The third-order valence-electron chi connectivity index (χ3n) is 1.41. The van der Waals surface area contributed by atoms with Crippen LogP contribution in [-0.4, -0.2) is 4.92 Å². The zero-order valence-electron chi connectivity index (χ0n) is 6.25. The molecule has 0 aliphatic rings. The molecule has 0 heterocycles. The number of nitrogens with zero attached hydrogens (tertiary/aromatic N) is 1. The van der Waals surface area contributed by atoms with Gasteiger partial charge in [0, 0.05) is 6.07 Å². The average Bonchev–Trinajstić information content (AvgIpc) is 2.04. The zero-order valence-corrected chi connectivity index (χ0v) is 6.25. The summed E-state index contributed by atoms with van der Waals surface area (Å²) in [4.78, 5) is 9.21. The third kappa shape index (κ3) is 1.54. The number of hydrazine groups is 1. The van der Waals surface area contributed by atoms with Crippen LogP contribution in [0.15, 0.2) is 12.1 Å². The Labute approximate surface area is 71.3 Å². The predicted octanol–water partition coefficient (Wildman–Crippen LogP) is 1.16. The van der Waals surface area contributed by atoms with Crippen LogP contribution in [0.4, 0.5) is 20.2 Å². The summed E-state index contributed by atoms with van der Waals surface area (Å²) < 4.78 is 25.6. The van der Waals surface area contributed by atoms with E-state index in [1.54, 1.807) is 5.43 Å². The van der Waals surface area contributed by atoms with Crippen molar-refractivity contribution in [3.63, 3.8) is 0 Å². The topological polar surface area (TPSA) is 81.2 Å². The molecule has 7 heteroatoms. The lowest BCUT2D eigenvalue weighted by Crippen LogP contribution is -2.11. The summed E-state index contributed by atoms with van der Waals surface area (Å²) in [5.41, 5.74) is 0.166. The van der Waals surface area contributed by atoms with E-state index in [1.165, 1.54) is 0 Å². The largest absolute Gasteiger partial charge is 0.319 e. The number of nitrogens with one attached hydrogen (secondary N) is 1. The van der Waals surface area contributed by atoms with Crippen LogP contribution >= 0.6 is 0 Å². The monoisotopic (exact) mass is 189 g/mol. The molecule has 0 aliphatic heterocycles. The fourth-order valence-electron chi connectivity index (χ4n) is 0.815. The van der Waals surface area contributed by atoms with Gasteiger partial charge in [0.05, 0.1) is 4.92 Å². The van der Waals surface area contributed by atoms with Gasteiger partial charge in [0.2, 0.25) is 5.82 Å². The van der Waals surface area contributed by atoms with Gasteiger partial charge in [-0.25, -0.2) is 4.39 Å². The van der Waals surface area contributed by atoms with Gasteiger partial charge in [0.25, 0.3) is 0 Å². The van der Waals surface area contributed by atoms with Crippen molar-refractivity contribution in [2.45, 2.75) is 0 Å². The van der Waals surface area contributed by atoms with Crippen molar-refractivity contribution in [2.75, 3.05) is 5.43 Å². The molecular weight excluding hydrogens is 184 g/mol. The summed E-state index contributed by atoms with van der Waals surface area (Å²) in [7, 11) is 0. The Morgan fingerprint density at radius 1 is 1.46 bits per heavy atom. The number of anilines is 1. The maximum Gasteiger partial charge on any atom is 0.307 e. The van der Waals surface area contributed by atoms with Gasteiger partial charge in [-0.1, -0.05) is 0 Å². The van der Waals surface area contributed by atoms with Crippen molar-refractivity contribution in [3.05, 3.63) is 33.9 Å². The molecule has 3 N–H and O–H groups in total. The van der Waals surface area contributed by atoms with E-state index in [4.69, 9.17) is 5.84 Å². The van der Waals surface area contributed by atoms with E-state index in [0.29, 0.717) is 0 Å². The van der Waals surface area contributed by atoms with Gasteiger partial charge in [0.1, 0.15) is 5.69 Å². The van der Waals surface area contributed by atoms with Gasteiger partial charge in [0.15, 0.2) is 5.82 Å². The lowest BCUT2D eigenvalue weighted by Gasteiger charge is -2.02. The smallest absolute Gasteiger partial charge is 0.307 e. The van der Waals surface area contributed by atoms with Crippen LogP contribution in [-0.2, 0) is 0 Å². The number of rotatable bonds is 2. The second kappa shape index (κ2) is 3.31. The average molecular weight is 189 g/mol. The molecule has 0 aromatic heterocycles. The molecule has 0 amide bonds. The van der Waals surface area contributed by atoms with E-state index >= 15 is 0 Å². The van der Waals surface area contributed by atoms with Crippen molar-refractivity contribution in [3.8, 4) is 0 Å². The Bertz CT molecular complexity index is 356. The van der Waals surface area contributed by atoms with Crippen molar-refractivity contribution in [1.82, 2.24) is 0 Å². The molecule has 0 atom stereocenters. The lowest BCUT2D eigenvalue weighted by atomic mass is 10.2. The summed E-state index contributed by atoms with van der Waals surface area (Å²) in [5.74, 6) is 2.47. The molecule has 0 fully saturated rings. The summed E-state index contributed by atoms with van der Waals surface area (Å²) >= 11 is 0. The molecule has 0 aliphatic carbocycles. The number of hydrogen-bond donors (Lipinski definition) is 2. The number of benzene rings is 1. The van der Waals surface area contributed by atoms with Crippen molar-refractivity contribution in [1.29, 1.82) is 0 Å². The summed E-state index contributed by atoms with van der Waals surface area (Å²) in [5, 5.41) is 10.2. The summed E-state index contributed by atoms with van der Waals surface area (Å²) in [6.45, 7) is 0. The normalized spacial score (nSPS) is 9.77. The lowest BCUT2D eigenvalue weighted by molar-refractivity contribution is -0.387. The number of nitro groups is 1. The standard InChI is InChI=1S/C6H5F2N3O2/c7-3-1-2-4(11(12)13)5(8)6(3)10-9/h1-2,10H,9H2. The molecule has 0 spiro atoms. The third-order valence-corrected chi connectivity index (χ3v) is 1.41. The van der Waals surface area contributed by atoms with Crippen LogP contribution in [0.3, 0.4) is 0 Å². The van der Waals surface area contributed by atoms with E-state index in [2.05, 4.69) is 0 Å². The molecule has 1 aromatic carbocycles. The van der Waals surface area contributed by atoms with Gasteiger partial charge in [-0.3, -0.25) is 16.0 Å². The molecule has 0 saturated heterocycles. The molecule has 0 bridgehead atoms. The Hall–Kier alpha value is -1.76. The number of nitro benzene ring substituents is 1. The summed E-state index contributed by atoms with van der Waals surface area (Å²) in [6, 6.07) is 1.49. The number of hydrogen-bond acceptors (Lipinski definition) is 4. The van der Waals surface area contributed by atoms with Gasteiger partial charge in [-0.05, 0) is 6.07 Å². The Kier molecular flexibility index (Phi) is 2.38. The van der Waals surface area contributed by atoms with Crippen LogP contribution in [0.2, 0.25) is 0 Å². The number of halogens is 2. The Morgan fingerprint density at radius 3 is 2.54 bits per heavy atom. The Balaban J connectivity index is 3.35. The van der Waals surface area contributed by atoms with Crippen LogP contribution in [0.25, 0.3) is 0 Å². The maximum absolute atomic E-state index is 13.0. The molecule has 1 aromatic rings. The van der Waals surface area contributed by atoms with E-state index in [0.717, 1.165) is 12.1 Å². The molecule has 5 nitrogen and oxygen atoms in total. The minimum absolute atomic E-state index is 0.714. The highest BCUT2D eigenvalue weighted by Crippen LogP contribution is 2.26. The minimum atomic E-state index is -1.31. The molecule has 70 valence electrons.